The third-order valence-corrected chi connectivity index (χ3v) is 5.03. The van der Waals surface area contributed by atoms with Crippen molar-refractivity contribution < 1.29 is 12.8 Å². The Bertz CT molecular complexity index is 466. The van der Waals surface area contributed by atoms with Crippen LogP contribution in [0.4, 0.5) is 0 Å². The molecule has 0 aromatic carbocycles. The molecular formula is C13H22N2O3S. The summed E-state index contributed by atoms with van der Waals surface area (Å²) in [7, 11) is -3.20. The number of hydrogen-bond acceptors (Lipinski definition) is 4. The Balaban J connectivity index is 1.93. The lowest BCUT2D eigenvalue weighted by Crippen LogP contribution is -2.37. The van der Waals surface area contributed by atoms with Gasteiger partial charge in [0.2, 0.25) is 10.0 Å². The zero-order valence-corrected chi connectivity index (χ0v) is 12.2. The van der Waals surface area contributed by atoms with Gasteiger partial charge in [0.25, 0.3) is 0 Å². The van der Waals surface area contributed by atoms with Crippen molar-refractivity contribution in [3.8, 4) is 0 Å². The summed E-state index contributed by atoms with van der Waals surface area (Å²) in [4.78, 5) is 0. The lowest BCUT2D eigenvalue weighted by atomic mass is 10.4. The molecule has 0 saturated heterocycles. The number of nitrogens with zero attached hydrogens (tertiary/aromatic N) is 1. The van der Waals surface area contributed by atoms with Crippen molar-refractivity contribution in [2.75, 3.05) is 18.8 Å². The molecule has 0 aliphatic heterocycles. The molecule has 1 fully saturated rings. The van der Waals surface area contributed by atoms with Crippen LogP contribution in [0.15, 0.2) is 22.8 Å². The molecule has 1 aromatic rings. The average Bonchev–Trinajstić information content (AvgIpc) is 3.08. The Morgan fingerprint density at radius 3 is 2.79 bits per heavy atom. The number of rotatable bonds is 9. The van der Waals surface area contributed by atoms with Gasteiger partial charge in [-0.3, -0.25) is 0 Å². The van der Waals surface area contributed by atoms with Crippen LogP contribution in [-0.2, 0) is 16.6 Å². The molecule has 0 bridgehead atoms. The molecule has 5 nitrogen and oxygen atoms in total. The van der Waals surface area contributed by atoms with Gasteiger partial charge in [-0.25, -0.2) is 8.42 Å². The predicted molar refractivity (Wildman–Crippen MR) is 74.2 cm³/mol. The first-order chi connectivity index (χ1) is 9.13. The first-order valence-electron chi connectivity index (χ1n) is 6.86. The standard InChI is InChI=1S/C13H22N2O3S/c1-2-7-14-8-10-19(16,17)15(12-5-6-12)11-13-4-3-9-18-13/h3-4,9,12,14H,2,5-8,10-11H2,1H3. The molecule has 0 unspecified atom stereocenters. The molecule has 0 radical (unpaired) electrons. The van der Waals surface area contributed by atoms with Crippen LogP contribution in [0, 0.1) is 0 Å². The van der Waals surface area contributed by atoms with Crippen LogP contribution >= 0.6 is 0 Å². The fourth-order valence-corrected chi connectivity index (χ4v) is 3.62. The van der Waals surface area contributed by atoms with E-state index in [-0.39, 0.29) is 11.8 Å². The van der Waals surface area contributed by atoms with E-state index < -0.39 is 10.0 Å². The summed E-state index contributed by atoms with van der Waals surface area (Å²) in [5, 5.41) is 3.13. The molecule has 0 atom stereocenters. The Morgan fingerprint density at radius 2 is 2.21 bits per heavy atom. The van der Waals surface area contributed by atoms with Crippen LogP contribution in [0.3, 0.4) is 0 Å². The highest BCUT2D eigenvalue weighted by Crippen LogP contribution is 2.31. The molecule has 108 valence electrons. The lowest BCUT2D eigenvalue weighted by Gasteiger charge is -2.20. The topological polar surface area (TPSA) is 62.6 Å². The van der Waals surface area contributed by atoms with E-state index in [2.05, 4.69) is 12.2 Å². The molecule has 1 N–H and O–H groups in total. The highest BCUT2D eigenvalue weighted by molar-refractivity contribution is 7.89. The second kappa shape index (κ2) is 6.54. The summed E-state index contributed by atoms with van der Waals surface area (Å²) in [6.07, 6.45) is 4.51. The Labute approximate surface area is 115 Å². The molecule has 1 saturated carbocycles. The van der Waals surface area contributed by atoms with E-state index in [1.807, 2.05) is 6.07 Å². The first-order valence-corrected chi connectivity index (χ1v) is 8.47. The SMILES string of the molecule is CCCNCCS(=O)(=O)N(Cc1ccco1)C1CC1. The zero-order chi connectivity index (χ0) is 13.7. The van der Waals surface area contributed by atoms with E-state index in [1.54, 1.807) is 16.6 Å². The van der Waals surface area contributed by atoms with Gasteiger partial charge in [0.15, 0.2) is 0 Å². The molecule has 1 aliphatic carbocycles. The maximum atomic E-state index is 12.3. The third-order valence-electron chi connectivity index (χ3n) is 3.17. The summed E-state index contributed by atoms with van der Waals surface area (Å²) in [6.45, 7) is 3.79. The van der Waals surface area contributed by atoms with Gasteiger partial charge in [-0.15, -0.1) is 0 Å². The largest absolute Gasteiger partial charge is 0.468 e. The van der Waals surface area contributed by atoms with Crippen molar-refractivity contribution in [1.82, 2.24) is 9.62 Å². The van der Waals surface area contributed by atoms with Gasteiger partial charge in [-0.1, -0.05) is 6.92 Å². The van der Waals surface area contributed by atoms with E-state index in [9.17, 15) is 8.42 Å². The molecule has 1 aromatic heterocycles. The van der Waals surface area contributed by atoms with Crippen molar-refractivity contribution in [3.05, 3.63) is 24.2 Å². The molecule has 0 spiro atoms. The van der Waals surface area contributed by atoms with Crippen LogP contribution in [0.2, 0.25) is 0 Å². The number of nitrogens with one attached hydrogen (secondary N) is 1. The minimum absolute atomic E-state index is 0.157. The van der Waals surface area contributed by atoms with Crippen LogP contribution in [-0.4, -0.2) is 37.6 Å². The molecule has 2 rings (SSSR count). The molecule has 1 heterocycles. The van der Waals surface area contributed by atoms with Crippen LogP contribution in [0.1, 0.15) is 31.9 Å². The summed E-state index contributed by atoms with van der Waals surface area (Å²) in [5.74, 6) is 0.863. The fourth-order valence-electron chi connectivity index (χ4n) is 1.99. The molecule has 19 heavy (non-hydrogen) atoms. The maximum absolute atomic E-state index is 12.3. The average molecular weight is 286 g/mol. The van der Waals surface area contributed by atoms with E-state index >= 15 is 0 Å². The quantitative estimate of drug-likeness (QED) is 0.700. The van der Waals surface area contributed by atoms with Crippen molar-refractivity contribution in [3.63, 3.8) is 0 Å². The molecule has 1 aliphatic rings. The second-order valence-electron chi connectivity index (χ2n) is 4.92. The van der Waals surface area contributed by atoms with Crippen molar-refractivity contribution in [1.29, 1.82) is 0 Å². The van der Waals surface area contributed by atoms with Crippen molar-refractivity contribution in [2.45, 2.75) is 38.8 Å². The minimum atomic E-state index is -3.20. The number of furan rings is 1. The van der Waals surface area contributed by atoms with Crippen LogP contribution < -0.4 is 5.32 Å². The fraction of sp³-hybridized carbons (Fsp3) is 0.692. The van der Waals surface area contributed by atoms with Gasteiger partial charge >= 0.3 is 0 Å². The first kappa shape index (κ1) is 14.6. The third kappa shape index (κ3) is 4.33. The van der Waals surface area contributed by atoms with Crippen LogP contribution in [0.25, 0.3) is 0 Å². The maximum Gasteiger partial charge on any atom is 0.216 e. The van der Waals surface area contributed by atoms with E-state index in [0.717, 1.165) is 25.8 Å². The molecular weight excluding hydrogens is 264 g/mol. The van der Waals surface area contributed by atoms with Crippen LogP contribution in [0.5, 0.6) is 0 Å². The Hall–Kier alpha value is -0.850. The molecule has 6 heteroatoms. The van der Waals surface area contributed by atoms with Gasteiger partial charge in [0.1, 0.15) is 5.76 Å². The predicted octanol–water partition coefficient (Wildman–Crippen LogP) is 1.57. The summed E-state index contributed by atoms with van der Waals surface area (Å²) >= 11 is 0. The highest BCUT2D eigenvalue weighted by Gasteiger charge is 2.37. The minimum Gasteiger partial charge on any atom is -0.468 e. The van der Waals surface area contributed by atoms with Gasteiger partial charge in [-0.05, 0) is 37.9 Å². The van der Waals surface area contributed by atoms with Gasteiger partial charge < -0.3 is 9.73 Å². The lowest BCUT2D eigenvalue weighted by molar-refractivity contribution is 0.356. The highest BCUT2D eigenvalue weighted by atomic mass is 32.2. The normalized spacial score (nSPS) is 16.1. The monoisotopic (exact) mass is 286 g/mol. The number of hydrogen-bond donors (Lipinski definition) is 1. The number of sulfonamides is 1. The van der Waals surface area contributed by atoms with Gasteiger partial charge in [-0.2, -0.15) is 4.31 Å². The second-order valence-corrected chi connectivity index (χ2v) is 6.96. The van der Waals surface area contributed by atoms with E-state index in [0.29, 0.717) is 18.8 Å². The van der Waals surface area contributed by atoms with E-state index in [1.165, 1.54) is 0 Å². The Kier molecular flexibility index (Phi) is 5.01. The van der Waals surface area contributed by atoms with Crippen molar-refractivity contribution >= 4 is 10.0 Å². The van der Waals surface area contributed by atoms with E-state index in [4.69, 9.17) is 4.42 Å². The zero-order valence-electron chi connectivity index (χ0n) is 11.3. The Morgan fingerprint density at radius 1 is 1.42 bits per heavy atom. The summed E-state index contributed by atoms with van der Waals surface area (Å²) in [5.41, 5.74) is 0. The smallest absolute Gasteiger partial charge is 0.216 e. The van der Waals surface area contributed by atoms with Crippen molar-refractivity contribution in [2.24, 2.45) is 0 Å². The summed E-state index contributed by atoms with van der Waals surface area (Å²) in [6, 6.07) is 3.78. The summed E-state index contributed by atoms with van der Waals surface area (Å²) < 4.78 is 31.5. The van der Waals surface area contributed by atoms with Gasteiger partial charge in [0, 0.05) is 12.6 Å². The van der Waals surface area contributed by atoms with Gasteiger partial charge in [0.05, 0.1) is 18.6 Å². The molecule has 0 amide bonds.